The van der Waals surface area contributed by atoms with Gasteiger partial charge >= 0.3 is 0 Å². The maximum absolute atomic E-state index is 5.06. The van der Waals surface area contributed by atoms with Crippen molar-refractivity contribution in [2.75, 3.05) is 13.6 Å². The molecule has 0 aromatic heterocycles. The molecule has 0 saturated carbocycles. The lowest BCUT2D eigenvalue weighted by atomic mass is 10.1. The zero-order valence-corrected chi connectivity index (χ0v) is 15.4. The quantitative estimate of drug-likeness (QED) is 0.290. The molecule has 0 aliphatic carbocycles. The summed E-state index contributed by atoms with van der Waals surface area (Å²) in [5, 5.41) is 0. The van der Waals surface area contributed by atoms with Crippen LogP contribution in [0.25, 0.3) is 0 Å². The molecule has 0 amide bonds. The summed E-state index contributed by atoms with van der Waals surface area (Å²) in [7, 11) is 1.50. The van der Waals surface area contributed by atoms with Crippen molar-refractivity contribution >= 4 is 12.7 Å². The molecule has 23 heavy (non-hydrogen) atoms. The third-order valence-electron chi connectivity index (χ3n) is 2.29. The summed E-state index contributed by atoms with van der Waals surface area (Å²) in [4.78, 5) is 7.74. The van der Waals surface area contributed by atoms with Crippen LogP contribution in [0, 0.1) is 0 Å². The Balaban J connectivity index is -0.000000343. The molecule has 0 spiro atoms. The van der Waals surface area contributed by atoms with Crippen molar-refractivity contribution in [1.82, 2.24) is 0 Å². The van der Waals surface area contributed by atoms with Gasteiger partial charge in [-0.15, -0.1) is 0 Å². The number of rotatable bonds is 7. The van der Waals surface area contributed by atoms with E-state index in [4.69, 9.17) is 11.5 Å². The first-order chi connectivity index (χ1) is 11.1. The Labute approximate surface area is 142 Å². The summed E-state index contributed by atoms with van der Waals surface area (Å²) in [5.74, 6) is 0.193. The highest BCUT2D eigenvalue weighted by Crippen LogP contribution is 2.10. The molecule has 0 heterocycles. The number of hydrogen-bond donors (Lipinski definition) is 3. The predicted octanol–water partition coefficient (Wildman–Crippen LogP) is 3.30. The summed E-state index contributed by atoms with van der Waals surface area (Å²) < 4.78 is 0. The Bertz CT molecular complexity index is 397. The fourth-order valence-corrected chi connectivity index (χ4v) is 1.35. The number of unbranched alkanes of at least 4 members (excludes halogenated alkanes) is 1. The Morgan fingerprint density at radius 1 is 0.957 bits per heavy atom. The lowest BCUT2D eigenvalue weighted by Crippen LogP contribution is -2.22. The van der Waals surface area contributed by atoms with Gasteiger partial charge in [0.05, 0.1) is 5.70 Å². The Hall–Kier alpha value is -2.14. The minimum Gasteiger partial charge on any atom is -0.370 e. The summed E-state index contributed by atoms with van der Waals surface area (Å²) >= 11 is 0. The van der Waals surface area contributed by atoms with E-state index in [1.54, 1.807) is 0 Å². The first kappa shape index (κ1) is 25.8. The standard InChI is InChI=1S/C12H17N.C5H13N3.CH5N/c1-5-8-11(9-6-2)12(13-4)10-7-3;1-2-3-4-8-5(6)7;1-2/h5-10H,4H2,1-3H3;2-4H2,1H3,(H4,6,7,8);2H2,1H3/b8-5-,9-6-,10-7-;;. The first-order valence-electron chi connectivity index (χ1n) is 7.79. The van der Waals surface area contributed by atoms with Gasteiger partial charge in [0.15, 0.2) is 5.96 Å². The van der Waals surface area contributed by atoms with E-state index in [2.05, 4.69) is 29.4 Å². The third kappa shape index (κ3) is 19.9. The molecule has 0 fully saturated rings. The zero-order valence-electron chi connectivity index (χ0n) is 15.4. The second-order valence-electron chi connectivity index (χ2n) is 4.16. The van der Waals surface area contributed by atoms with Gasteiger partial charge in [0.1, 0.15) is 0 Å². The smallest absolute Gasteiger partial charge is 0.185 e. The molecule has 5 heteroatoms. The highest BCUT2D eigenvalue weighted by molar-refractivity contribution is 5.75. The van der Waals surface area contributed by atoms with Crippen molar-refractivity contribution in [3.63, 3.8) is 0 Å². The highest BCUT2D eigenvalue weighted by Gasteiger charge is 1.92. The van der Waals surface area contributed by atoms with Gasteiger partial charge in [-0.05, 0) is 52.6 Å². The molecule has 6 N–H and O–H groups in total. The van der Waals surface area contributed by atoms with Crippen molar-refractivity contribution in [2.24, 2.45) is 27.2 Å². The largest absolute Gasteiger partial charge is 0.370 e. The summed E-state index contributed by atoms with van der Waals surface area (Å²) in [5.41, 5.74) is 16.6. The summed E-state index contributed by atoms with van der Waals surface area (Å²) in [6, 6.07) is 0. The lowest BCUT2D eigenvalue weighted by molar-refractivity contribution is 0.806. The van der Waals surface area contributed by atoms with E-state index in [0.29, 0.717) is 0 Å². The van der Waals surface area contributed by atoms with Gasteiger partial charge in [-0.25, -0.2) is 0 Å². The normalized spacial score (nSPS) is 9.83. The molecule has 0 rings (SSSR count). The van der Waals surface area contributed by atoms with E-state index in [1.807, 2.05) is 57.2 Å². The van der Waals surface area contributed by atoms with Crippen molar-refractivity contribution in [2.45, 2.75) is 40.5 Å². The topological polar surface area (TPSA) is 103 Å². The van der Waals surface area contributed by atoms with E-state index in [0.717, 1.165) is 30.7 Å². The number of allylic oxidation sites excluding steroid dienone is 7. The monoisotopic (exact) mass is 321 g/mol. The average Bonchev–Trinajstić information content (AvgIpc) is 2.55. The maximum atomic E-state index is 5.06. The van der Waals surface area contributed by atoms with Crippen LogP contribution in [0.2, 0.25) is 0 Å². The number of hydrogen-bond acceptors (Lipinski definition) is 3. The molecule has 0 radical (unpaired) electrons. The van der Waals surface area contributed by atoms with Gasteiger partial charge in [0, 0.05) is 6.54 Å². The van der Waals surface area contributed by atoms with Gasteiger partial charge in [-0.3, -0.25) is 9.98 Å². The van der Waals surface area contributed by atoms with Crippen LogP contribution in [0.15, 0.2) is 57.7 Å². The van der Waals surface area contributed by atoms with E-state index >= 15 is 0 Å². The van der Waals surface area contributed by atoms with Crippen LogP contribution in [0.1, 0.15) is 40.5 Å². The lowest BCUT2D eigenvalue weighted by Gasteiger charge is -1.98. The van der Waals surface area contributed by atoms with Crippen LogP contribution in [0.5, 0.6) is 0 Å². The SMILES string of the molecule is C=NC(/C=C\C)=C(/C=C\C)/C=C\C.CCCCN=C(N)N.CN. The average molecular weight is 322 g/mol. The Morgan fingerprint density at radius 2 is 1.43 bits per heavy atom. The van der Waals surface area contributed by atoms with E-state index in [1.165, 1.54) is 7.05 Å². The molecular formula is C18H35N5. The van der Waals surface area contributed by atoms with Gasteiger partial charge in [0.25, 0.3) is 0 Å². The molecule has 0 aliphatic rings. The van der Waals surface area contributed by atoms with Crippen LogP contribution in [-0.2, 0) is 0 Å². The Kier molecular flexibility index (Phi) is 24.8. The van der Waals surface area contributed by atoms with E-state index < -0.39 is 0 Å². The number of nitrogens with two attached hydrogens (primary N) is 3. The molecule has 0 aliphatic heterocycles. The first-order valence-corrected chi connectivity index (χ1v) is 7.79. The van der Waals surface area contributed by atoms with Crippen LogP contribution < -0.4 is 17.2 Å². The van der Waals surface area contributed by atoms with Crippen LogP contribution >= 0.6 is 0 Å². The molecule has 0 atom stereocenters. The van der Waals surface area contributed by atoms with Crippen molar-refractivity contribution in [3.8, 4) is 0 Å². The second-order valence-corrected chi connectivity index (χ2v) is 4.16. The zero-order chi connectivity index (χ0) is 18.5. The minimum absolute atomic E-state index is 0.193. The van der Waals surface area contributed by atoms with Gasteiger partial charge < -0.3 is 17.2 Å². The van der Waals surface area contributed by atoms with Crippen LogP contribution in [0.4, 0.5) is 0 Å². The third-order valence-corrected chi connectivity index (χ3v) is 2.29. The minimum atomic E-state index is 0.193. The predicted molar refractivity (Wildman–Crippen MR) is 107 cm³/mol. The molecule has 5 nitrogen and oxygen atoms in total. The molecular weight excluding hydrogens is 286 g/mol. The maximum Gasteiger partial charge on any atom is 0.185 e. The fraction of sp³-hybridized carbons (Fsp3) is 0.444. The van der Waals surface area contributed by atoms with Crippen LogP contribution in [-0.4, -0.2) is 26.3 Å². The summed E-state index contributed by atoms with van der Waals surface area (Å²) in [6.07, 6.45) is 14.1. The second kappa shape index (κ2) is 22.1. The molecule has 0 aromatic carbocycles. The van der Waals surface area contributed by atoms with Gasteiger partial charge in [-0.1, -0.05) is 43.7 Å². The molecule has 0 bridgehead atoms. The van der Waals surface area contributed by atoms with E-state index in [9.17, 15) is 0 Å². The highest BCUT2D eigenvalue weighted by atomic mass is 15.0. The fourth-order valence-electron chi connectivity index (χ4n) is 1.35. The summed E-state index contributed by atoms with van der Waals surface area (Å²) in [6.45, 7) is 12.3. The number of nitrogens with zero attached hydrogens (tertiary/aromatic N) is 2. The molecule has 132 valence electrons. The van der Waals surface area contributed by atoms with Crippen molar-refractivity contribution in [1.29, 1.82) is 0 Å². The van der Waals surface area contributed by atoms with Gasteiger partial charge in [0.2, 0.25) is 0 Å². The molecule has 0 unspecified atom stereocenters. The van der Waals surface area contributed by atoms with Crippen molar-refractivity contribution in [3.05, 3.63) is 47.7 Å². The molecule has 0 aromatic rings. The van der Waals surface area contributed by atoms with Crippen LogP contribution in [0.3, 0.4) is 0 Å². The van der Waals surface area contributed by atoms with Gasteiger partial charge in [-0.2, -0.15) is 0 Å². The van der Waals surface area contributed by atoms with Crippen molar-refractivity contribution < 1.29 is 0 Å². The number of guanidine groups is 1. The number of aliphatic imine (C=N–C) groups is 2. The molecule has 0 saturated heterocycles. The Morgan fingerprint density at radius 3 is 1.74 bits per heavy atom. The van der Waals surface area contributed by atoms with E-state index in [-0.39, 0.29) is 5.96 Å².